The van der Waals surface area contributed by atoms with E-state index in [0.29, 0.717) is 27.2 Å². The van der Waals surface area contributed by atoms with Gasteiger partial charge in [-0.05, 0) is 42.0 Å². The van der Waals surface area contributed by atoms with Crippen LogP contribution in [0, 0.1) is 11.3 Å². The summed E-state index contributed by atoms with van der Waals surface area (Å²) in [6.07, 6.45) is 0. The van der Waals surface area contributed by atoms with Gasteiger partial charge in [0.2, 0.25) is 21.8 Å². The highest BCUT2D eigenvalue weighted by Crippen LogP contribution is 2.47. The van der Waals surface area contributed by atoms with E-state index in [-0.39, 0.29) is 22.2 Å². The van der Waals surface area contributed by atoms with Crippen molar-refractivity contribution in [3.63, 3.8) is 0 Å². The summed E-state index contributed by atoms with van der Waals surface area (Å²) in [5.41, 5.74) is 7.63. The Bertz CT molecular complexity index is 1390. The van der Waals surface area contributed by atoms with Crippen LogP contribution in [0.3, 0.4) is 0 Å². The molecule has 0 amide bonds. The summed E-state index contributed by atoms with van der Waals surface area (Å²) in [6, 6.07) is 13.4. The Morgan fingerprint density at radius 1 is 1.15 bits per heavy atom. The monoisotopic (exact) mass is 485 g/mol. The number of anilines is 2. The summed E-state index contributed by atoms with van der Waals surface area (Å²) in [6.45, 7) is 0. The maximum atomic E-state index is 11.5. The average molecular weight is 486 g/mol. The number of allylic oxidation sites excluding steroid dienone is 1. The van der Waals surface area contributed by atoms with Gasteiger partial charge in [0.15, 0.2) is 16.6 Å². The van der Waals surface area contributed by atoms with Gasteiger partial charge < -0.3 is 25.3 Å². The minimum absolute atomic E-state index is 0.000954. The Hall–Kier alpha value is -3.79. The van der Waals surface area contributed by atoms with E-state index < -0.39 is 15.9 Å². The number of rotatable bonds is 6. The lowest BCUT2D eigenvalue weighted by atomic mass is 9.89. The third kappa shape index (κ3) is 4.29. The molecule has 12 heteroatoms. The third-order valence-electron chi connectivity index (χ3n) is 4.94. The quantitative estimate of drug-likeness (QED) is 0.476. The number of sulfonamides is 1. The number of nitrogens with one attached hydrogen (secondary N) is 1. The van der Waals surface area contributed by atoms with Crippen LogP contribution in [0.5, 0.6) is 17.4 Å². The number of nitrogens with zero attached hydrogens (tertiary/aromatic N) is 2. The zero-order valence-corrected chi connectivity index (χ0v) is 19.2. The second kappa shape index (κ2) is 8.62. The van der Waals surface area contributed by atoms with Crippen LogP contribution in [0.1, 0.15) is 16.4 Å². The first-order valence-corrected chi connectivity index (χ1v) is 11.8. The number of aromatic nitrogens is 1. The molecule has 0 aliphatic carbocycles. The number of primary sulfonamides is 1. The van der Waals surface area contributed by atoms with E-state index in [0.717, 1.165) is 5.56 Å². The molecule has 0 bridgehead atoms. The van der Waals surface area contributed by atoms with E-state index in [1.165, 1.54) is 30.6 Å². The second-order valence-corrected chi connectivity index (χ2v) is 9.51. The van der Waals surface area contributed by atoms with Gasteiger partial charge in [-0.15, -0.1) is 0 Å². The molecule has 0 spiro atoms. The van der Waals surface area contributed by atoms with E-state index >= 15 is 0 Å². The number of hydrogen-bond acceptors (Lipinski definition) is 10. The fourth-order valence-electron chi connectivity index (χ4n) is 3.38. The van der Waals surface area contributed by atoms with Crippen LogP contribution < -0.4 is 30.4 Å². The molecule has 2 heterocycles. The SMILES string of the molecule is COc1ccc(C2C(C#N)=C(N)Oc3nc(Nc4ccc(S(N)(=O)=O)cc4)sc32)cc1OC. The first kappa shape index (κ1) is 22.4. The Balaban J connectivity index is 1.72. The second-order valence-electron chi connectivity index (χ2n) is 6.92. The standard InChI is InChI=1S/C21H19N5O5S2/c1-29-15-8-3-11(9-16(15)30-2)17-14(10-22)19(23)31-20-18(17)32-21(26-20)25-12-4-6-13(7-5-12)33(24,27)28/h3-9,17H,23H2,1-2H3,(H,25,26)(H2,24,27,28). The van der Waals surface area contributed by atoms with Gasteiger partial charge in [-0.25, -0.2) is 13.6 Å². The predicted molar refractivity (Wildman–Crippen MR) is 122 cm³/mol. The van der Waals surface area contributed by atoms with Gasteiger partial charge in [0.05, 0.1) is 29.9 Å². The number of benzene rings is 2. The fraction of sp³-hybridized carbons (Fsp3) is 0.143. The minimum atomic E-state index is -3.79. The van der Waals surface area contributed by atoms with Crippen molar-refractivity contribution in [3.8, 4) is 23.4 Å². The van der Waals surface area contributed by atoms with E-state index in [4.69, 9.17) is 25.1 Å². The lowest BCUT2D eigenvalue weighted by molar-refractivity contribution is 0.354. The first-order chi connectivity index (χ1) is 15.7. The lowest BCUT2D eigenvalue weighted by Gasteiger charge is -2.23. The maximum Gasteiger partial charge on any atom is 0.238 e. The zero-order valence-electron chi connectivity index (χ0n) is 17.5. The van der Waals surface area contributed by atoms with Crippen LogP contribution in [0.15, 0.2) is 58.8 Å². The van der Waals surface area contributed by atoms with E-state index in [9.17, 15) is 13.7 Å². The molecule has 1 unspecified atom stereocenters. The summed E-state index contributed by atoms with van der Waals surface area (Å²) in [5.74, 6) is 0.797. The minimum Gasteiger partial charge on any atom is -0.493 e. The van der Waals surface area contributed by atoms with Gasteiger partial charge in [-0.3, -0.25) is 0 Å². The molecule has 10 nitrogen and oxygen atoms in total. The first-order valence-electron chi connectivity index (χ1n) is 9.45. The molecule has 4 rings (SSSR count). The van der Waals surface area contributed by atoms with Crippen molar-refractivity contribution < 1.29 is 22.6 Å². The molecule has 3 aromatic rings. The molecule has 2 aromatic carbocycles. The summed E-state index contributed by atoms with van der Waals surface area (Å²) in [7, 11) is -0.718. The fourth-order valence-corrected chi connectivity index (χ4v) is 4.95. The van der Waals surface area contributed by atoms with Gasteiger partial charge in [-0.2, -0.15) is 10.2 Å². The van der Waals surface area contributed by atoms with Crippen LogP contribution >= 0.6 is 11.3 Å². The summed E-state index contributed by atoms with van der Waals surface area (Å²) in [5, 5.41) is 18.5. The van der Waals surface area contributed by atoms with Crippen LogP contribution in [-0.2, 0) is 10.0 Å². The predicted octanol–water partition coefficient (Wildman–Crippen LogP) is 2.77. The van der Waals surface area contributed by atoms with Crippen LogP contribution in [-0.4, -0.2) is 27.6 Å². The number of thiazole rings is 1. The molecule has 33 heavy (non-hydrogen) atoms. The molecular weight excluding hydrogens is 466 g/mol. The number of nitrogens with two attached hydrogens (primary N) is 2. The van der Waals surface area contributed by atoms with Gasteiger partial charge in [-0.1, -0.05) is 17.4 Å². The highest BCUT2D eigenvalue weighted by molar-refractivity contribution is 7.89. The zero-order chi connectivity index (χ0) is 23.8. The highest BCUT2D eigenvalue weighted by atomic mass is 32.2. The summed E-state index contributed by atoms with van der Waals surface area (Å²) >= 11 is 1.28. The van der Waals surface area contributed by atoms with Crippen LogP contribution in [0.25, 0.3) is 0 Å². The molecule has 1 aliphatic rings. The van der Waals surface area contributed by atoms with Gasteiger partial charge in [0.1, 0.15) is 11.6 Å². The normalized spacial score (nSPS) is 15.3. The van der Waals surface area contributed by atoms with E-state index in [1.54, 1.807) is 31.4 Å². The van der Waals surface area contributed by atoms with Crippen LogP contribution in [0.2, 0.25) is 0 Å². The Labute approximate surface area is 194 Å². The smallest absolute Gasteiger partial charge is 0.238 e. The van der Waals surface area contributed by atoms with E-state index in [1.807, 2.05) is 6.07 Å². The molecule has 1 aliphatic heterocycles. The van der Waals surface area contributed by atoms with Gasteiger partial charge in [0, 0.05) is 5.69 Å². The maximum absolute atomic E-state index is 11.5. The van der Waals surface area contributed by atoms with Crippen molar-refractivity contribution in [1.29, 1.82) is 5.26 Å². The van der Waals surface area contributed by atoms with Crippen molar-refractivity contribution in [2.45, 2.75) is 10.8 Å². The van der Waals surface area contributed by atoms with Gasteiger partial charge >= 0.3 is 0 Å². The Morgan fingerprint density at radius 2 is 1.85 bits per heavy atom. The molecule has 0 fully saturated rings. The number of methoxy groups -OCH3 is 2. The summed E-state index contributed by atoms with van der Waals surface area (Å²) in [4.78, 5) is 5.13. The average Bonchev–Trinajstić information content (AvgIpc) is 3.18. The number of nitriles is 1. The van der Waals surface area contributed by atoms with E-state index in [2.05, 4.69) is 16.4 Å². The summed E-state index contributed by atoms with van der Waals surface area (Å²) < 4.78 is 39.2. The molecule has 170 valence electrons. The molecule has 5 N–H and O–H groups in total. The number of fused-ring (bicyclic) bond motifs is 1. The number of hydrogen-bond donors (Lipinski definition) is 3. The molecule has 1 aromatic heterocycles. The number of ether oxygens (including phenoxy) is 3. The van der Waals surface area contributed by atoms with Crippen molar-refractivity contribution >= 4 is 32.2 Å². The lowest BCUT2D eigenvalue weighted by Crippen LogP contribution is -2.20. The van der Waals surface area contributed by atoms with Crippen LogP contribution in [0.4, 0.5) is 10.8 Å². The van der Waals surface area contributed by atoms with Crippen molar-refractivity contribution in [3.05, 3.63) is 64.4 Å². The molecular formula is C21H19N5O5S2. The third-order valence-corrected chi connectivity index (χ3v) is 6.89. The Morgan fingerprint density at radius 3 is 2.45 bits per heavy atom. The van der Waals surface area contributed by atoms with Gasteiger partial charge in [0.25, 0.3) is 0 Å². The molecule has 1 atom stereocenters. The Kier molecular flexibility index (Phi) is 5.86. The largest absolute Gasteiger partial charge is 0.493 e. The van der Waals surface area contributed by atoms with Crippen molar-refractivity contribution in [2.75, 3.05) is 19.5 Å². The molecule has 0 saturated carbocycles. The molecule has 0 saturated heterocycles. The molecule has 0 radical (unpaired) electrons. The van der Waals surface area contributed by atoms with Crippen molar-refractivity contribution in [2.24, 2.45) is 10.9 Å². The topological polar surface area (TPSA) is 163 Å². The highest BCUT2D eigenvalue weighted by Gasteiger charge is 2.34. The van der Waals surface area contributed by atoms with Crippen molar-refractivity contribution in [1.82, 2.24) is 4.98 Å².